The number of hydrogen-bond donors (Lipinski definition) is 0. The van der Waals surface area contributed by atoms with Crippen LogP contribution in [0.4, 0.5) is 4.79 Å². The van der Waals surface area contributed by atoms with Gasteiger partial charge in [-0.2, -0.15) is 0 Å². The molecule has 0 aromatic heterocycles. The van der Waals surface area contributed by atoms with E-state index in [-0.39, 0.29) is 18.4 Å². The number of likely N-dealkylation sites (tertiary alicyclic amines) is 2. The number of ether oxygens (including phenoxy) is 2. The lowest BCUT2D eigenvalue weighted by Gasteiger charge is -2.37. The van der Waals surface area contributed by atoms with Crippen LogP contribution in [0.2, 0.25) is 0 Å². The average Bonchev–Trinajstić information content (AvgIpc) is 2.85. The quantitative estimate of drug-likeness (QED) is 0.731. The molecule has 0 aromatic carbocycles. The largest absolute Gasteiger partial charge is 0.427 e. The van der Waals surface area contributed by atoms with Crippen molar-refractivity contribution in [3.05, 3.63) is 0 Å². The van der Waals surface area contributed by atoms with Crippen LogP contribution in [0.5, 0.6) is 0 Å². The number of carbonyl (C=O) groups excluding carboxylic acids is 1. The maximum absolute atomic E-state index is 11.9. The van der Waals surface area contributed by atoms with E-state index in [2.05, 4.69) is 4.90 Å². The first-order chi connectivity index (χ1) is 8.22. The van der Waals surface area contributed by atoms with Gasteiger partial charge < -0.3 is 14.4 Å². The fraction of sp³-hybridized carbons (Fsp3) is 0.917. The maximum atomic E-state index is 11.9. The number of piperidine rings is 1. The van der Waals surface area contributed by atoms with Crippen LogP contribution in [0, 0.1) is 0 Å². The van der Waals surface area contributed by atoms with E-state index in [0.717, 1.165) is 45.3 Å². The lowest BCUT2D eigenvalue weighted by atomic mass is 10.1. The van der Waals surface area contributed by atoms with Gasteiger partial charge in [0, 0.05) is 26.7 Å². The van der Waals surface area contributed by atoms with Gasteiger partial charge in [-0.3, -0.25) is 4.90 Å². The van der Waals surface area contributed by atoms with Gasteiger partial charge in [-0.25, -0.2) is 4.79 Å². The Morgan fingerprint density at radius 3 is 2.53 bits per heavy atom. The Kier molecular flexibility index (Phi) is 4.23. The molecular weight excluding hydrogens is 220 g/mol. The van der Waals surface area contributed by atoms with Crippen LogP contribution >= 0.6 is 0 Å². The minimum atomic E-state index is -0.234. The monoisotopic (exact) mass is 242 g/mol. The second-order valence-corrected chi connectivity index (χ2v) is 4.87. The number of hydrogen-bond acceptors (Lipinski definition) is 4. The van der Waals surface area contributed by atoms with Crippen LogP contribution in [0.3, 0.4) is 0 Å². The van der Waals surface area contributed by atoms with E-state index < -0.39 is 0 Å². The first-order valence-corrected chi connectivity index (χ1v) is 6.41. The van der Waals surface area contributed by atoms with E-state index >= 15 is 0 Å². The predicted molar refractivity (Wildman–Crippen MR) is 63.7 cm³/mol. The molecule has 1 amide bonds. The van der Waals surface area contributed by atoms with Gasteiger partial charge in [0.15, 0.2) is 6.23 Å². The second-order valence-electron chi connectivity index (χ2n) is 4.87. The highest BCUT2D eigenvalue weighted by Crippen LogP contribution is 2.21. The molecule has 0 aliphatic carbocycles. The average molecular weight is 242 g/mol. The van der Waals surface area contributed by atoms with Crippen molar-refractivity contribution in [2.75, 3.05) is 33.8 Å². The van der Waals surface area contributed by atoms with Crippen molar-refractivity contribution < 1.29 is 14.3 Å². The Bertz CT molecular complexity index is 266. The maximum Gasteiger partial charge on any atom is 0.411 e. The summed E-state index contributed by atoms with van der Waals surface area (Å²) >= 11 is 0. The first kappa shape index (κ1) is 12.6. The lowest BCUT2D eigenvalue weighted by Crippen LogP contribution is -2.50. The SMILES string of the molecule is COC1CCCN(C)C1OC(=O)N1CCCC1. The lowest BCUT2D eigenvalue weighted by molar-refractivity contribution is -0.120. The van der Waals surface area contributed by atoms with E-state index in [9.17, 15) is 4.79 Å². The second kappa shape index (κ2) is 5.69. The van der Waals surface area contributed by atoms with Gasteiger partial charge in [0.2, 0.25) is 0 Å². The molecule has 0 bridgehead atoms. The molecule has 2 saturated heterocycles. The predicted octanol–water partition coefficient (Wildman–Crippen LogP) is 1.29. The van der Waals surface area contributed by atoms with Crippen LogP contribution in [-0.2, 0) is 9.47 Å². The molecule has 5 heteroatoms. The molecule has 17 heavy (non-hydrogen) atoms. The van der Waals surface area contributed by atoms with Crippen molar-refractivity contribution in [3.8, 4) is 0 Å². The molecule has 2 unspecified atom stereocenters. The molecule has 5 nitrogen and oxygen atoms in total. The summed E-state index contributed by atoms with van der Waals surface area (Å²) in [5, 5.41) is 0. The Morgan fingerprint density at radius 1 is 1.18 bits per heavy atom. The summed E-state index contributed by atoms with van der Waals surface area (Å²) in [6.45, 7) is 2.61. The van der Waals surface area contributed by atoms with Gasteiger partial charge >= 0.3 is 6.09 Å². The molecule has 98 valence electrons. The number of amides is 1. The molecule has 0 aromatic rings. The van der Waals surface area contributed by atoms with Gasteiger partial charge in [0.1, 0.15) is 6.10 Å². The molecule has 2 aliphatic rings. The Balaban J connectivity index is 1.92. The summed E-state index contributed by atoms with van der Waals surface area (Å²) in [5.41, 5.74) is 0. The molecule has 2 heterocycles. The zero-order valence-electron chi connectivity index (χ0n) is 10.7. The van der Waals surface area contributed by atoms with E-state index in [1.165, 1.54) is 0 Å². The highest BCUT2D eigenvalue weighted by atomic mass is 16.6. The molecule has 0 N–H and O–H groups in total. The number of nitrogens with zero attached hydrogens (tertiary/aromatic N) is 2. The van der Waals surface area contributed by atoms with Gasteiger partial charge in [0.25, 0.3) is 0 Å². The third kappa shape index (κ3) is 2.90. The van der Waals surface area contributed by atoms with E-state index in [1.54, 1.807) is 12.0 Å². The molecule has 2 rings (SSSR count). The van der Waals surface area contributed by atoms with Crippen molar-refractivity contribution >= 4 is 6.09 Å². The van der Waals surface area contributed by atoms with Crippen molar-refractivity contribution in [1.82, 2.24) is 9.80 Å². The summed E-state index contributed by atoms with van der Waals surface area (Å²) < 4.78 is 11.0. The fourth-order valence-electron chi connectivity index (χ4n) is 2.57. The molecule has 0 radical (unpaired) electrons. The smallest absolute Gasteiger partial charge is 0.411 e. The highest BCUT2D eigenvalue weighted by Gasteiger charge is 2.34. The molecule has 0 spiro atoms. The Hall–Kier alpha value is -0.810. The van der Waals surface area contributed by atoms with Crippen molar-refractivity contribution in [2.45, 2.75) is 38.0 Å². The number of carbonyl (C=O) groups is 1. The summed E-state index contributed by atoms with van der Waals surface area (Å²) in [6, 6.07) is 0. The summed E-state index contributed by atoms with van der Waals surface area (Å²) in [6.07, 6.45) is 3.79. The van der Waals surface area contributed by atoms with Crippen LogP contribution in [-0.4, -0.2) is 62.0 Å². The summed E-state index contributed by atoms with van der Waals surface area (Å²) in [5.74, 6) is 0. The summed E-state index contributed by atoms with van der Waals surface area (Å²) in [7, 11) is 3.66. The van der Waals surface area contributed by atoms with E-state index in [4.69, 9.17) is 9.47 Å². The Labute approximate surface area is 103 Å². The van der Waals surface area contributed by atoms with Crippen molar-refractivity contribution in [1.29, 1.82) is 0 Å². The summed E-state index contributed by atoms with van der Waals surface area (Å²) in [4.78, 5) is 15.8. The molecule has 0 saturated carbocycles. The van der Waals surface area contributed by atoms with Crippen LogP contribution in [0.25, 0.3) is 0 Å². The van der Waals surface area contributed by atoms with Crippen LogP contribution in [0.15, 0.2) is 0 Å². The molecule has 2 atom stereocenters. The van der Waals surface area contributed by atoms with Gasteiger partial charge in [-0.15, -0.1) is 0 Å². The topological polar surface area (TPSA) is 42.0 Å². The third-order valence-corrected chi connectivity index (χ3v) is 3.64. The van der Waals surface area contributed by atoms with Gasteiger partial charge in [0.05, 0.1) is 0 Å². The highest BCUT2D eigenvalue weighted by molar-refractivity contribution is 5.68. The number of rotatable bonds is 2. The van der Waals surface area contributed by atoms with Crippen LogP contribution < -0.4 is 0 Å². The van der Waals surface area contributed by atoms with Gasteiger partial charge in [-0.1, -0.05) is 0 Å². The standard InChI is InChI=1S/C12H22N2O3/c1-13-7-5-6-10(16-2)11(13)17-12(15)14-8-3-4-9-14/h10-11H,3-9H2,1-2H3. The zero-order chi connectivity index (χ0) is 12.3. The first-order valence-electron chi connectivity index (χ1n) is 6.41. The molecule has 2 aliphatic heterocycles. The Morgan fingerprint density at radius 2 is 1.88 bits per heavy atom. The van der Waals surface area contributed by atoms with Crippen molar-refractivity contribution in [3.63, 3.8) is 0 Å². The number of likely N-dealkylation sites (N-methyl/N-ethyl adjacent to an activating group) is 1. The minimum absolute atomic E-state index is 0.000281. The van der Waals surface area contributed by atoms with Gasteiger partial charge in [-0.05, 0) is 32.7 Å². The normalized spacial score (nSPS) is 30.6. The molecular formula is C12H22N2O3. The number of methoxy groups -OCH3 is 1. The van der Waals surface area contributed by atoms with Crippen LogP contribution in [0.1, 0.15) is 25.7 Å². The van der Waals surface area contributed by atoms with Crippen molar-refractivity contribution in [2.24, 2.45) is 0 Å². The van der Waals surface area contributed by atoms with E-state index in [0.29, 0.717) is 0 Å². The fourth-order valence-corrected chi connectivity index (χ4v) is 2.57. The minimum Gasteiger partial charge on any atom is -0.427 e. The third-order valence-electron chi connectivity index (χ3n) is 3.64. The van der Waals surface area contributed by atoms with E-state index in [1.807, 2.05) is 7.05 Å². The zero-order valence-corrected chi connectivity index (χ0v) is 10.7. The molecule has 2 fully saturated rings.